The molecule has 0 aliphatic heterocycles. The lowest BCUT2D eigenvalue weighted by Crippen LogP contribution is -1.99. The third kappa shape index (κ3) is 2.68. The average Bonchev–Trinajstić information content (AvgIpc) is 3.10. The maximum absolute atomic E-state index is 5.29. The van der Waals surface area contributed by atoms with Crippen molar-refractivity contribution in [3.8, 4) is 22.8 Å². The van der Waals surface area contributed by atoms with Crippen LogP contribution >= 0.6 is 0 Å². The Hall–Kier alpha value is -3.73. The largest absolute Gasteiger partial charge is 0.497 e. The second kappa shape index (κ2) is 6.46. The summed E-state index contributed by atoms with van der Waals surface area (Å²) in [5.41, 5.74) is 6.23. The van der Waals surface area contributed by atoms with Crippen molar-refractivity contribution in [1.29, 1.82) is 0 Å². The molecule has 0 bridgehead atoms. The quantitative estimate of drug-likeness (QED) is 0.453. The number of hydrogen-bond donors (Lipinski definition) is 0. The minimum absolute atomic E-state index is 0.631. The van der Waals surface area contributed by atoms with Crippen molar-refractivity contribution < 1.29 is 4.74 Å². The highest BCUT2D eigenvalue weighted by molar-refractivity contribution is 5.86. The summed E-state index contributed by atoms with van der Waals surface area (Å²) in [7, 11) is 1.66. The number of para-hydroxylation sites is 2. The molecule has 5 aromatic rings. The number of methoxy groups -OCH3 is 1. The monoisotopic (exact) mass is 366 g/mol. The van der Waals surface area contributed by atoms with E-state index >= 15 is 0 Å². The Morgan fingerprint density at radius 1 is 0.786 bits per heavy atom. The molecular formula is C23H18N4O. The van der Waals surface area contributed by atoms with Crippen molar-refractivity contribution in [3.05, 3.63) is 78.4 Å². The molecule has 5 heteroatoms. The Kier molecular flexibility index (Phi) is 3.79. The Balaban J connectivity index is 1.84. The highest BCUT2D eigenvalue weighted by Crippen LogP contribution is 2.29. The van der Waals surface area contributed by atoms with E-state index < -0.39 is 0 Å². The van der Waals surface area contributed by atoms with Gasteiger partial charge in [-0.25, -0.2) is 15.0 Å². The van der Waals surface area contributed by atoms with Crippen LogP contribution in [0.5, 0.6) is 5.75 Å². The zero-order valence-corrected chi connectivity index (χ0v) is 15.6. The third-order valence-corrected chi connectivity index (χ3v) is 4.78. The predicted molar refractivity (Wildman–Crippen MR) is 111 cm³/mol. The van der Waals surface area contributed by atoms with Crippen molar-refractivity contribution in [2.75, 3.05) is 7.11 Å². The molecular weight excluding hydrogens is 348 g/mol. The number of aryl methyl sites for hydroxylation is 1. The molecule has 2 aromatic heterocycles. The molecule has 0 atom stereocenters. The predicted octanol–water partition coefficient (Wildman–Crippen LogP) is 4.95. The van der Waals surface area contributed by atoms with Crippen molar-refractivity contribution >= 4 is 22.3 Å². The highest BCUT2D eigenvalue weighted by Gasteiger charge is 2.17. The highest BCUT2D eigenvalue weighted by atomic mass is 16.5. The summed E-state index contributed by atoms with van der Waals surface area (Å²) >= 11 is 0. The van der Waals surface area contributed by atoms with Gasteiger partial charge in [0.2, 0.25) is 0 Å². The Morgan fingerprint density at radius 2 is 1.54 bits per heavy atom. The van der Waals surface area contributed by atoms with E-state index in [2.05, 4.69) is 29.7 Å². The van der Waals surface area contributed by atoms with Crippen LogP contribution in [-0.4, -0.2) is 26.6 Å². The molecule has 5 rings (SSSR count). The summed E-state index contributed by atoms with van der Waals surface area (Å²) in [6, 6.07) is 24.1. The number of ether oxygens (including phenoxy) is 1. The molecule has 0 aliphatic carbocycles. The van der Waals surface area contributed by atoms with Gasteiger partial charge in [0, 0.05) is 11.3 Å². The fourth-order valence-electron chi connectivity index (χ4n) is 3.40. The van der Waals surface area contributed by atoms with Crippen LogP contribution in [0.3, 0.4) is 0 Å². The summed E-state index contributed by atoms with van der Waals surface area (Å²) in [5, 5.41) is 0. The summed E-state index contributed by atoms with van der Waals surface area (Å²) in [6.07, 6.45) is 0. The van der Waals surface area contributed by atoms with Gasteiger partial charge < -0.3 is 4.74 Å². The number of nitrogens with zero attached hydrogens (tertiary/aromatic N) is 4. The Labute approximate surface area is 162 Å². The molecule has 0 fully saturated rings. The van der Waals surface area contributed by atoms with Gasteiger partial charge in [-0.05, 0) is 61.0 Å². The van der Waals surface area contributed by atoms with Crippen LogP contribution in [0, 0.1) is 6.92 Å². The summed E-state index contributed by atoms with van der Waals surface area (Å²) in [5.74, 6) is 1.61. The molecule has 0 saturated heterocycles. The molecule has 0 amide bonds. The first-order valence-corrected chi connectivity index (χ1v) is 9.09. The van der Waals surface area contributed by atoms with Crippen molar-refractivity contribution in [3.63, 3.8) is 0 Å². The molecule has 28 heavy (non-hydrogen) atoms. The van der Waals surface area contributed by atoms with Crippen LogP contribution in [-0.2, 0) is 0 Å². The molecule has 2 heterocycles. The van der Waals surface area contributed by atoms with Gasteiger partial charge in [-0.1, -0.05) is 24.3 Å². The van der Waals surface area contributed by atoms with Gasteiger partial charge in [-0.2, -0.15) is 0 Å². The van der Waals surface area contributed by atoms with E-state index in [9.17, 15) is 0 Å². The molecule has 0 spiro atoms. The first-order chi connectivity index (χ1) is 13.7. The topological polar surface area (TPSA) is 52.8 Å². The smallest absolute Gasteiger partial charge is 0.199 e. The molecule has 0 aliphatic rings. The van der Waals surface area contributed by atoms with Crippen LogP contribution < -0.4 is 4.74 Å². The zero-order chi connectivity index (χ0) is 19.1. The second-order valence-electron chi connectivity index (χ2n) is 6.70. The van der Waals surface area contributed by atoms with Gasteiger partial charge in [0.1, 0.15) is 11.6 Å². The lowest BCUT2D eigenvalue weighted by molar-refractivity contribution is 0.415. The maximum atomic E-state index is 5.29. The van der Waals surface area contributed by atoms with E-state index in [0.717, 1.165) is 39.5 Å². The average molecular weight is 366 g/mol. The number of benzene rings is 3. The van der Waals surface area contributed by atoms with Gasteiger partial charge in [0.25, 0.3) is 0 Å². The standard InChI is InChI=1S/C23H18N4O/c1-15-6-5-7-17(14-15)27-22(16-10-12-18(28-2)13-11-16)26-21-23(27)25-20-9-4-3-8-19(20)24-21/h3-14H,1-2H3. The number of rotatable bonds is 3. The normalized spacial score (nSPS) is 11.2. The van der Waals surface area contributed by atoms with Gasteiger partial charge >= 0.3 is 0 Å². The van der Waals surface area contributed by atoms with Gasteiger partial charge in [-0.3, -0.25) is 4.57 Å². The van der Waals surface area contributed by atoms with Crippen LogP contribution in [0.2, 0.25) is 0 Å². The fraction of sp³-hybridized carbons (Fsp3) is 0.0870. The van der Waals surface area contributed by atoms with Crippen molar-refractivity contribution in [1.82, 2.24) is 19.5 Å². The molecule has 3 aromatic carbocycles. The number of hydrogen-bond acceptors (Lipinski definition) is 4. The summed E-state index contributed by atoms with van der Waals surface area (Å²) in [4.78, 5) is 14.5. The van der Waals surface area contributed by atoms with E-state index in [1.54, 1.807) is 7.11 Å². The summed E-state index contributed by atoms with van der Waals surface area (Å²) in [6.45, 7) is 2.08. The molecule has 0 N–H and O–H groups in total. The first-order valence-electron chi connectivity index (χ1n) is 9.09. The SMILES string of the molecule is COc1ccc(-c2nc3nc4ccccc4nc3n2-c2cccc(C)c2)cc1. The number of fused-ring (bicyclic) bond motifs is 2. The van der Waals surface area contributed by atoms with Crippen molar-refractivity contribution in [2.45, 2.75) is 6.92 Å². The van der Waals surface area contributed by atoms with Crippen LogP contribution in [0.25, 0.3) is 39.4 Å². The summed E-state index contributed by atoms with van der Waals surface area (Å²) < 4.78 is 7.37. The Morgan fingerprint density at radius 3 is 2.25 bits per heavy atom. The number of aromatic nitrogens is 4. The van der Waals surface area contributed by atoms with E-state index in [4.69, 9.17) is 19.7 Å². The molecule has 0 radical (unpaired) electrons. The maximum Gasteiger partial charge on any atom is 0.199 e. The van der Waals surface area contributed by atoms with Gasteiger partial charge in [0.15, 0.2) is 11.3 Å². The number of imidazole rings is 1. The minimum Gasteiger partial charge on any atom is -0.497 e. The zero-order valence-electron chi connectivity index (χ0n) is 15.6. The fourth-order valence-corrected chi connectivity index (χ4v) is 3.40. The first kappa shape index (κ1) is 16.4. The van der Waals surface area contributed by atoms with Gasteiger partial charge in [0.05, 0.1) is 18.1 Å². The van der Waals surface area contributed by atoms with Crippen LogP contribution in [0.15, 0.2) is 72.8 Å². The molecule has 5 nitrogen and oxygen atoms in total. The van der Waals surface area contributed by atoms with E-state index in [-0.39, 0.29) is 0 Å². The van der Waals surface area contributed by atoms with E-state index in [0.29, 0.717) is 5.65 Å². The van der Waals surface area contributed by atoms with Crippen LogP contribution in [0.1, 0.15) is 5.56 Å². The second-order valence-corrected chi connectivity index (χ2v) is 6.70. The molecule has 0 saturated carbocycles. The molecule has 136 valence electrons. The van der Waals surface area contributed by atoms with Crippen molar-refractivity contribution in [2.24, 2.45) is 0 Å². The molecule has 0 unspecified atom stereocenters. The van der Waals surface area contributed by atoms with E-state index in [1.807, 2.05) is 54.6 Å². The lowest BCUT2D eigenvalue weighted by atomic mass is 10.2. The van der Waals surface area contributed by atoms with Gasteiger partial charge in [-0.15, -0.1) is 0 Å². The Bertz CT molecular complexity index is 1310. The van der Waals surface area contributed by atoms with Crippen LogP contribution in [0.4, 0.5) is 0 Å². The minimum atomic E-state index is 0.631. The lowest BCUT2D eigenvalue weighted by Gasteiger charge is -2.10. The van der Waals surface area contributed by atoms with E-state index in [1.165, 1.54) is 5.56 Å². The third-order valence-electron chi connectivity index (χ3n) is 4.78.